The summed E-state index contributed by atoms with van der Waals surface area (Å²) < 4.78 is 50.8. The molecule has 2 heterocycles. The van der Waals surface area contributed by atoms with Crippen molar-refractivity contribution in [3.05, 3.63) is 46.1 Å². The molecule has 0 saturated carbocycles. The number of hydrogen-bond acceptors (Lipinski definition) is 7. The zero-order valence-corrected chi connectivity index (χ0v) is 19.4. The van der Waals surface area contributed by atoms with Gasteiger partial charge >= 0.3 is 18.1 Å². The first kappa shape index (κ1) is 25.2. The van der Waals surface area contributed by atoms with Crippen LogP contribution in [0.4, 0.5) is 18.2 Å². The minimum atomic E-state index is -4.78. The van der Waals surface area contributed by atoms with Crippen LogP contribution in [0, 0.1) is 6.92 Å². The molecule has 0 unspecified atom stereocenters. The van der Waals surface area contributed by atoms with Crippen LogP contribution in [0.2, 0.25) is 0 Å². The van der Waals surface area contributed by atoms with Gasteiger partial charge in [0.05, 0.1) is 23.2 Å². The number of imidazole rings is 1. The van der Waals surface area contributed by atoms with E-state index in [1.54, 1.807) is 13.8 Å². The van der Waals surface area contributed by atoms with Gasteiger partial charge in [-0.3, -0.25) is 9.59 Å². The number of carbonyl (C=O) groups is 3. The first-order valence-electron chi connectivity index (χ1n) is 10.3. The van der Waals surface area contributed by atoms with E-state index in [1.807, 2.05) is 6.92 Å². The number of fused-ring (bicyclic) bond motifs is 1. The van der Waals surface area contributed by atoms with Crippen molar-refractivity contribution < 1.29 is 37.0 Å². The summed E-state index contributed by atoms with van der Waals surface area (Å²) in [4.78, 5) is 41.4. The van der Waals surface area contributed by atoms with Gasteiger partial charge < -0.3 is 19.4 Å². The standard InChI is InChI=1S/C22H22F3N3O5S/c1-4-13-12(3)34-19(18(13)20(31)32-5-2)27-16(29)11-33-17(30)10-28-15-9-7-6-8-14(15)26-21(28)22(23,24)25/h6-9H,4-5,10-11H2,1-3H3,(H,27,29). The van der Waals surface area contributed by atoms with Crippen LogP contribution in [0.5, 0.6) is 0 Å². The molecule has 0 aliphatic rings. The molecule has 8 nitrogen and oxygen atoms in total. The van der Waals surface area contributed by atoms with E-state index in [0.717, 1.165) is 10.4 Å². The van der Waals surface area contributed by atoms with Crippen LogP contribution in [0.25, 0.3) is 11.0 Å². The molecule has 0 aliphatic carbocycles. The number of hydrogen-bond donors (Lipinski definition) is 1. The highest BCUT2D eigenvalue weighted by Gasteiger charge is 2.38. The summed E-state index contributed by atoms with van der Waals surface area (Å²) in [5.74, 6) is -3.61. The Hall–Kier alpha value is -3.41. The van der Waals surface area contributed by atoms with Gasteiger partial charge in [0.2, 0.25) is 5.82 Å². The summed E-state index contributed by atoms with van der Waals surface area (Å²) in [6, 6.07) is 5.85. The minimum absolute atomic E-state index is 0.0756. The largest absolute Gasteiger partial charge is 0.462 e. The Kier molecular flexibility index (Phi) is 7.60. The molecular formula is C22H22F3N3O5S. The van der Waals surface area contributed by atoms with E-state index in [2.05, 4.69) is 10.3 Å². The van der Waals surface area contributed by atoms with Gasteiger partial charge in [-0.05, 0) is 38.0 Å². The zero-order valence-electron chi connectivity index (χ0n) is 18.6. The van der Waals surface area contributed by atoms with Crippen LogP contribution in [0.15, 0.2) is 24.3 Å². The predicted octanol–water partition coefficient (Wildman–Crippen LogP) is 4.35. The number of amides is 1. The molecular weight excluding hydrogens is 475 g/mol. The fraction of sp³-hybridized carbons (Fsp3) is 0.364. The lowest BCUT2D eigenvalue weighted by Gasteiger charge is -2.11. The molecule has 182 valence electrons. The van der Waals surface area contributed by atoms with Crippen molar-refractivity contribution in [1.82, 2.24) is 9.55 Å². The maximum absolute atomic E-state index is 13.4. The highest BCUT2D eigenvalue weighted by Crippen LogP contribution is 2.34. The van der Waals surface area contributed by atoms with Crippen molar-refractivity contribution in [2.45, 2.75) is 39.9 Å². The van der Waals surface area contributed by atoms with E-state index in [-0.39, 0.29) is 28.2 Å². The fourth-order valence-corrected chi connectivity index (χ4v) is 4.60. The van der Waals surface area contributed by atoms with Crippen LogP contribution in [-0.2, 0) is 38.2 Å². The minimum Gasteiger partial charge on any atom is -0.462 e. The Balaban J connectivity index is 1.71. The van der Waals surface area contributed by atoms with Crippen molar-refractivity contribution in [2.24, 2.45) is 0 Å². The van der Waals surface area contributed by atoms with E-state index in [4.69, 9.17) is 9.47 Å². The second kappa shape index (κ2) is 10.2. The highest BCUT2D eigenvalue weighted by molar-refractivity contribution is 7.16. The first-order chi connectivity index (χ1) is 16.1. The number of anilines is 1. The van der Waals surface area contributed by atoms with Crippen molar-refractivity contribution in [3.63, 3.8) is 0 Å². The number of thiophene rings is 1. The van der Waals surface area contributed by atoms with E-state index in [9.17, 15) is 27.6 Å². The van der Waals surface area contributed by atoms with Crippen molar-refractivity contribution in [3.8, 4) is 0 Å². The normalized spacial score (nSPS) is 11.5. The van der Waals surface area contributed by atoms with Crippen LogP contribution in [0.3, 0.4) is 0 Å². The van der Waals surface area contributed by atoms with Crippen LogP contribution < -0.4 is 5.32 Å². The predicted molar refractivity (Wildman–Crippen MR) is 119 cm³/mol. The second-order valence-electron chi connectivity index (χ2n) is 7.13. The van der Waals surface area contributed by atoms with Gasteiger partial charge in [0.15, 0.2) is 6.61 Å². The molecule has 0 radical (unpaired) electrons. The van der Waals surface area contributed by atoms with Gasteiger partial charge in [0.1, 0.15) is 11.5 Å². The average molecular weight is 497 g/mol. The second-order valence-corrected chi connectivity index (χ2v) is 8.36. The van der Waals surface area contributed by atoms with Gasteiger partial charge in [-0.2, -0.15) is 13.2 Å². The maximum Gasteiger partial charge on any atom is 0.449 e. The third-order valence-electron chi connectivity index (χ3n) is 4.85. The Morgan fingerprint density at radius 2 is 1.85 bits per heavy atom. The van der Waals surface area contributed by atoms with E-state index in [1.165, 1.54) is 35.6 Å². The number of halogens is 3. The molecule has 1 N–H and O–H groups in total. The zero-order chi connectivity index (χ0) is 25.0. The Morgan fingerprint density at radius 3 is 2.50 bits per heavy atom. The molecule has 1 aromatic carbocycles. The van der Waals surface area contributed by atoms with Gasteiger partial charge in [-0.1, -0.05) is 19.1 Å². The topological polar surface area (TPSA) is 99.5 Å². The summed E-state index contributed by atoms with van der Waals surface area (Å²) in [7, 11) is 0. The third kappa shape index (κ3) is 5.38. The summed E-state index contributed by atoms with van der Waals surface area (Å²) >= 11 is 1.18. The molecule has 0 spiro atoms. The monoisotopic (exact) mass is 497 g/mol. The number of nitrogens with one attached hydrogen (secondary N) is 1. The number of benzene rings is 1. The maximum atomic E-state index is 13.4. The lowest BCUT2D eigenvalue weighted by atomic mass is 10.1. The molecule has 2 aromatic heterocycles. The number of nitrogens with zero attached hydrogens (tertiary/aromatic N) is 2. The van der Waals surface area contributed by atoms with Crippen LogP contribution >= 0.6 is 11.3 Å². The van der Waals surface area contributed by atoms with E-state index < -0.39 is 43.0 Å². The van der Waals surface area contributed by atoms with Gasteiger partial charge in [-0.15, -0.1) is 11.3 Å². The molecule has 3 rings (SSSR count). The smallest absolute Gasteiger partial charge is 0.449 e. The number of aromatic nitrogens is 2. The molecule has 12 heteroatoms. The first-order valence-corrected chi connectivity index (χ1v) is 11.2. The summed E-state index contributed by atoms with van der Waals surface area (Å²) in [6.45, 7) is 3.96. The van der Waals surface area contributed by atoms with Crippen molar-refractivity contribution in [2.75, 3.05) is 18.5 Å². The molecule has 3 aromatic rings. The summed E-state index contributed by atoms with van der Waals surface area (Å²) in [5, 5.41) is 2.79. The molecule has 0 saturated heterocycles. The van der Waals surface area contributed by atoms with E-state index in [0.29, 0.717) is 11.0 Å². The molecule has 1 amide bonds. The number of rotatable bonds is 8. The van der Waals surface area contributed by atoms with Crippen LogP contribution in [-0.4, -0.2) is 40.6 Å². The summed E-state index contributed by atoms with van der Waals surface area (Å²) in [5.41, 5.74) is 1.16. The van der Waals surface area contributed by atoms with Crippen molar-refractivity contribution in [1.29, 1.82) is 0 Å². The Morgan fingerprint density at radius 1 is 1.15 bits per heavy atom. The Labute approximate surface area is 196 Å². The number of para-hydroxylation sites is 2. The third-order valence-corrected chi connectivity index (χ3v) is 5.92. The van der Waals surface area contributed by atoms with Crippen LogP contribution in [0.1, 0.15) is 40.5 Å². The number of esters is 2. The SMILES string of the molecule is CCOC(=O)c1c(NC(=O)COC(=O)Cn2c(C(F)(F)F)nc3ccccc32)sc(C)c1CC. The lowest BCUT2D eigenvalue weighted by molar-refractivity contribution is -0.152. The number of aryl methyl sites for hydroxylation is 1. The summed E-state index contributed by atoms with van der Waals surface area (Å²) in [6.07, 6.45) is -4.24. The Bertz CT molecular complexity index is 1230. The molecule has 34 heavy (non-hydrogen) atoms. The van der Waals surface area contributed by atoms with Gasteiger partial charge in [0.25, 0.3) is 5.91 Å². The quantitative estimate of drug-likeness (QED) is 0.465. The van der Waals surface area contributed by atoms with Gasteiger partial charge in [0, 0.05) is 4.88 Å². The number of ether oxygens (including phenoxy) is 2. The molecule has 0 bridgehead atoms. The molecule has 0 atom stereocenters. The van der Waals surface area contributed by atoms with E-state index >= 15 is 0 Å². The number of carbonyl (C=O) groups excluding carboxylic acids is 3. The highest BCUT2D eigenvalue weighted by atomic mass is 32.1. The average Bonchev–Trinajstić information content (AvgIpc) is 3.29. The van der Waals surface area contributed by atoms with Gasteiger partial charge in [-0.25, -0.2) is 9.78 Å². The fourth-order valence-electron chi connectivity index (χ4n) is 3.45. The molecule has 0 fully saturated rings. The molecule has 0 aliphatic heterocycles. The number of alkyl halides is 3. The lowest BCUT2D eigenvalue weighted by Crippen LogP contribution is -2.25. The van der Waals surface area contributed by atoms with Crippen molar-refractivity contribution >= 4 is 45.2 Å².